The molecule has 0 heterocycles. The van der Waals surface area contributed by atoms with Gasteiger partial charge in [0.05, 0.1) is 13.2 Å². The van der Waals surface area contributed by atoms with Crippen LogP contribution in [-0.4, -0.2) is 13.2 Å². The van der Waals surface area contributed by atoms with Gasteiger partial charge in [0.1, 0.15) is 11.5 Å². The van der Waals surface area contributed by atoms with Crippen LogP contribution >= 0.6 is 0 Å². The Balaban J connectivity index is 2.33. The number of hydrogen-bond donors (Lipinski definition) is 0. The fraction of sp³-hybridized carbons (Fsp3) is 0.429. The molecule has 2 heteroatoms. The minimum atomic E-state index is 0.185. The standard InChI is InChI=1S/C21H26O2/c1-5-21(4)13-12-17-18(14-21)20(23-7-3)16-11-9-8-10-15(16)19(17)22-6-2/h8-13H,5-7,14H2,1-4H3. The summed E-state index contributed by atoms with van der Waals surface area (Å²) < 4.78 is 12.1. The van der Waals surface area contributed by atoms with Crippen LogP contribution < -0.4 is 9.47 Å². The van der Waals surface area contributed by atoms with Gasteiger partial charge in [0.25, 0.3) is 0 Å². The topological polar surface area (TPSA) is 18.5 Å². The highest BCUT2D eigenvalue weighted by Crippen LogP contribution is 2.47. The van der Waals surface area contributed by atoms with Gasteiger partial charge in [-0.05, 0) is 32.1 Å². The van der Waals surface area contributed by atoms with Gasteiger partial charge in [0, 0.05) is 21.9 Å². The summed E-state index contributed by atoms with van der Waals surface area (Å²) in [5.74, 6) is 2.03. The summed E-state index contributed by atoms with van der Waals surface area (Å²) in [5.41, 5.74) is 2.67. The summed E-state index contributed by atoms with van der Waals surface area (Å²) in [6.07, 6.45) is 6.69. The van der Waals surface area contributed by atoms with Gasteiger partial charge >= 0.3 is 0 Å². The Kier molecular flexibility index (Phi) is 4.34. The van der Waals surface area contributed by atoms with Crippen molar-refractivity contribution in [2.75, 3.05) is 13.2 Å². The van der Waals surface area contributed by atoms with Crippen molar-refractivity contribution in [3.63, 3.8) is 0 Å². The van der Waals surface area contributed by atoms with Crippen LogP contribution in [0.4, 0.5) is 0 Å². The molecule has 2 aromatic rings. The molecule has 0 saturated heterocycles. The van der Waals surface area contributed by atoms with Gasteiger partial charge in [-0.25, -0.2) is 0 Å². The van der Waals surface area contributed by atoms with Crippen LogP contribution in [0.2, 0.25) is 0 Å². The van der Waals surface area contributed by atoms with Crippen LogP contribution in [-0.2, 0) is 6.42 Å². The van der Waals surface area contributed by atoms with E-state index in [1.54, 1.807) is 0 Å². The van der Waals surface area contributed by atoms with Crippen molar-refractivity contribution in [2.45, 2.75) is 40.5 Å². The molecule has 0 radical (unpaired) electrons. The third kappa shape index (κ3) is 2.71. The Bertz CT molecular complexity index is 745. The average Bonchev–Trinajstić information content (AvgIpc) is 2.58. The van der Waals surface area contributed by atoms with Gasteiger partial charge in [-0.15, -0.1) is 0 Å². The molecule has 0 spiro atoms. The first kappa shape index (κ1) is 15.9. The van der Waals surface area contributed by atoms with E-state index < -0.39 is 0 Å². The molecule has 0 amide bonds. The Morgan fingerprint density at radius 2 is 1.57 bits per heavy atom. The van der Waals surface area contributed by atoms with Crippen LogP contribution in [0.25, 0.3) is 16.8 Å². The minimum Gasteiger partial charge on any atom is -0.493 e. The van der Waals surface area contributed by atoms with E-state index in [0.29, 0.717) is 13.2 Å². The van der Waals surface area contributed by atoms with Crippen molar-refractivity contribution in [1.29, 1.82) is 0 Å². The fourth-order valence-electron chi connectivity index (χ4n) is 3.40. The first-order chi connectivity index (χ1) is 11.1. The summed E-state index contributed by atoms with van der Waals surface area (Å²) in [6.45, 7) is 10.0. The second-order valence-electron chi connectivity index (χ2n) is 6.48. The minimum absolute atomic E-state index is 0.185. The van der Waals surface area contributed by atoms with Crippen molar-refractivity contribution in [2.24, 2.45) is 5.41 Å². The van der Waals surface area contributed by atoms with Gasteiger partial charge in [0.15, 0.2) is 0 Å². The lowest BCUT2D eigenvalue weighted by Gasteiger charge is -2.32. The van der Waals surface area contributed by atoms with Crippen molar-refractivity contribution >= 4 is 16.8 Å². The van der Waals surface area contributed by atoms with E-state index in [-0.39, 0.29) is 5.41 Å². The molecule has 0 aliphatic heterocycles. The van der Waals surface area contributed by atoms with Crippen molar-refractivity contribution in [3.05, 3.63) is 41.5 Å². The smallest absolute Gasteiger partial charge is 0.134 e. The van der Waals surface area contributed by atoms with Crippen LogP contribution in [0.15, 0.2) is 30.3 Å². The molecule has 1 atom stereocenters. The Hall–Kier alpha value is -1.96. The second-order valence-corrected chi connectivity index (χ2v) is 6.48. The summed E-state index contributed by atoms with van der Waals surface area (Å²) in [7, 11) is 0. The molecule has 2 aromatic carbocycles. The summed E-state index contributed by atoms with van der Waals surface area (Å²) in [5, 5.41) is 2.30. The summed E-state index contributed by atoms with van der Waals surface area (Å²) in [4.78, 5) is 0. The third-order valence-electron chi connectivity index (χ3n) is 4.88. The monoisotopic (exact) mass is 310 g/mol. The Morgan fingerprint density at radius 1 is 0.957 bits per heavy atom. The van der Waals surface area contributed by atoms with Gasteiger partial charge in [-0.1, -0.05) is 50.3 Å². The van der Waals surface area contributed by atoms with Gasteiger partial charge in [-0.3, -0.25) is 0 Å². The first-order valence-corrected chi connectivity index (χ1v) is 8.66. The molecule has 0 aromatic heterocycles. The van der Waals surface area contributed by atoms with E-state index in [1.807, 2.05) is 6.92 Å². The highest BCUT2D eigenvalue weighted by molar-refractivity contribution is 5.98. The number of rotatable bonds is 5. The maximum absolute atomic E-state index is 6.10. The average molecular weight is 310 g/mol. The zero-order valence-corrected chi connectivity index (χ0v) is 14.6. The molecule has 0 bridgehead atoms. The zero-order valence-electron chi connectivity index (χ0n) is 14.6. The summed E-state index contributed by atoms with van der Waals surface area (Å²) in [6, 6.07) is 8.41. The van der Waals surface area contributed by atoms with E-state index in [0.717, 1.165) is 35.1 Å². The van der Waals surface area contributed by atoms with Crippen LogP contribution in [0.3, 0.4) is 0 Å². The highest BCUT2D eigenvalue weighted by Gasteiger charge is 2.30. The molecular formula is C21H26O2. The van der Waals surface area contributed by atoms with Crippen LogP contribution in [0.5, 0.6) is 11.5 Å². The van der Waals surface area contributed by atoms with E-state index in [4.69, 9.17) is 9.47 Å². The zero-order chi connectivity index (χ0) is 16.4. The predicted octanol–water partition coefficient (Wildman–Crippen LogP) is 5.62. The first-order valence-electron chi connectivity index (χ1n) is 8.66. The van der Waals surface area contributed by atoms with E-state index in [9.17, 15) is 0 Å². The van der Waals surface area contributed by atoms with E-state index in [1.165, 1.54) is 11.1 Å². The van der Waals surface area contributed by atoms with Crippen molar-refractivity contribution in [1.82, 2.24) is 0 Å². The normalized spacial score (nSPS) is 19.7. The Morgan fingerprint density at radius 3 is 2.17 bits per heavy atom. The molecule has 1 aliphatic rings. The lowest BCUT2D eigenvalue weighted by atomic mass is 9.75. The largest absolute Gasteiger partial charge is 0.493 e. The van der Waals surface area contributed by atoms with Gasteiger partial charge in [0.2, 0.25) is 0 Å². The number of hydrogen-bond acceptors (Lipinski definition) is 2. The molecular weight excluding hydrogens is 284 g/mol. The third-order valence-corrected chi connectivity index (χ3v) is 4.88. The van der Waals surface area contributed by atoms with E-state index >= 15 is 0 Å². The van der Waals surface area contributed by atoms with Crippen molar-refractivity contribution < 1.29 is 9.47 Å². The number of ether oxygens (including phenoxy) is 2. The number of allylic oxidation sites excluding steroid dienone is 1. The lowest BCUT2D eigenvalue weighted by Crippen LogP contribution is -2.20. The van der Waals surface area contributed by atoms with E-state index in [2.05, 4.69) is 57.2 Å². The maximum Gasteiger partial charge on any atom is 0.134 e. The summed E-state index contributed by atoms with van der Waals surface area (Å²) >= 11 is 0. The molecule has 1 aliphatic carbocycles. The van der Waals surface area contributed by atoms with Crippen LogP contribution in [0.1, 0.15) is 45.2 Å². The predicted molar refractivity (Wildman–Crippen MR) is 97.4 cm³/mol. The SMILES string of the molecule is CCOc1c2c(c(OCC)c3ccccc13)CC(C)(CC)C=C2. The molecule has 1 unspecified atom stereocenters. The van der Waals surface area contributed by atoms with Crippen LogP contribution in [0, 0.1) is 5.41 Å². The number of fused-ring (bicyclic) bond motifs is 2. The highest BCUT2D eigenvalue weighted by atomic mass is 16.5. The molecule has 0 N–H and O–H groups in total. The van der Waals surface area contributed by atoms with Gasteiger partial charge in [-0.2, -0.15) is 0 Å². The number of benzene rings is 2. The van der Waals surface area contributed by atoms with Crippen molar-refractivity contribution in [3.8, 4) is 11.5 Å². The second kappa shape index (κ2) is 6.27. The lowest BCUT2D eigenvalue weighted by molar-refractivity contribution is 0.323. The molecule has 0 fully saturated rings. The molecule has 2 nitrogen and oxygen atoms in total. The maximum atomic E-state index is 6.10. The molecule has 122 valence electrons. The molecule has 0 saturated carbocycles. The Labute approximate surface area is 139 Å². The molecule has 3 rings (SSSR count). The van der Waals surface area contributed by atoms with Gasteiger partial charge < -0.3 is 9.47 Å². The quantitative estimate of drug-likeness (QED) is 0.713. The molecule has 23 heavy (non-hydrogen) atoms. The fourth-order valence-corrected chi connectivity index (χ4v) is 3.40.